The fraction of sp³-hybridized carbons (Fsp3) is 0.421. The van der Waals surface area contributed by atoms with Gasteiger partial charge in [-0.3, -0.25) is 0 Å². The van der Waals surface area contributed by atoms with Crippen LogP contribution in [-0.4, -0.2) is 51.4 Å². The van der Waals surface area contributed by atoms with Gasteiger partial charge < -0.3 is 20.5 Å². The number of fused-ring (bicyclic) bond motifs is 1. The molecule has 0 spiro atoms. The molecule has 1 fully saturated rings. The third-order valence-corrected chi connectivity index (χ3v) is 5.16. The van der Waals surface area contributed by atoms with Gasteiger partial charge >= 0.3 is 6.18 Å². The van der Waals surface area contributed by atoms with Crippen LogP contribution in [0.25, 0.3) is 22.3 Å². The molecule has 29 heavy (non-hydrogen) atoms. The van der Waals surface area contributed by atoms with Crippen LogP contribution in [0, 0.1) is 0 Å². The largest absolute Gasteiger partial charge is 0.390 e. The van der Waals surface area contributed by atoms with E-state index in [1.165, 1.54) is 0 Å². The molecule has 1 aliphatic rings. The number of nitrogen functional groups attached to an aromatic ring is 1. The smallest absolute Gasteiger partial charge is 0.369 e. The highest BCUT2D eigenvalue weighted by Gasteiger charge is 2.29. The Bertz CT molecular complexity index is 1010. The van der Waals surface area contributed by atoms with Gasteiger partial charge in [0, 0.05) is 56.9 Å². The summed E-state index contributed by atoms with van der Waals surface area (Å²) >= 11 is 0. The van der Waals surface area contributed by atoms with Gasteiger partial charge in [-0.2, -0.15) is 13.2 Å². The third kappa shape index (κ3) is 4.12. The Morgan fingerprint density at radius 3 is 2.79 bits per heavy atom. The lowest BCUT2D eigenvalue weighted by Gasteiger charge is -2.21. The van der Waals surface area contributed by atoms with Crippen molar-refractivity contribution in [2.75, 3.05) is 30.3 Å². The van der Waals surface area contributed by atoms with E-state index in [1.54, 1.807) is 18.5 Å². The first-order chi connectivity index (χ1) is 13.8. The van der Waals surface area contributed by atoms with Crippen molar-refractivity contribution in [3.8, 4) is 11.3 Å². The molecular weight excluding hydrogens is 383 g/mol. The van der Waals surface area contributed by atoms with Crippen LogP contribution in [0.3, 0.4) is 0 Å². The number of rotatable bonds is 5. The number of hydrogen-bond donors (Lipinski definition) is 2. The van der Waals surface area contributed by atoms with E-state index < -0.39 is 12.6 Å². The molecule has 0 radical (unpaired) electrons. The van der Waals surface area contributed by atoms with Crippen molar-refractivity contribution < 1.29 is 13.2 Å². The van der Waals surface area contributed by atoms with E-state index in [4.69, 9.17) is 5.73 Å². The van der Waals surface area contributed by atoms with Crippen molar-refractivity contribution in [2.24, 2.45) is 7.05 Å². The van der Waals surface area contributed by atoms with Crippen LogP contribution in [0.1, 0.15) is 12.8 Å². The minimum Gasteiger partial charge on any atom is -0.369 e. The molecule has 7 nitrogen and oxygen atoms in total. The predicted octanol–water partition coefficient (Wildman–Crippen LogP) is 2.73. The molecule has 3 aromatic rings. The zero-order chi connectivity index (χ0) is 20.6. The zero-order valence-electron chi connectivity index (χ0n) is 15.9. The molecule has 154 valence electrons. The van der Waals surface area contributed by atoms with Gasteiger partial charge in [0.15, 0.2) is 0 Å². The average molecular weight is 405 g/mol. The Morgan fingerprint density at radius 2 is 2.03 bits per heavy atom. The first-order valence-electron chi connectivity index (χ1n) is 9.40. The Kier molecular flexibility index (Phi) is 5.03. The van der Waals surface area contributed by atoms with E-state index in [-0.39, 0.29) is 18.5 Å². The summed E-state index contributed by atoms with van der Waals surface area (Å²) in [5.41, 5.74) is 9.16. The number of aryl methyl sites for hydroxylation is 1. The van der Waals surface area contributed by atoms with Crippen LogP contribution >= 0.6 is 0 Å². The Hall–Kier alpha value is -2.88. The lowest BCUT2D eigenvalue weighted by molar-refractivity contribution is -0.133. The third-order valence-electron chi connectivity index (χ3n) is 5.16. The highest BCUT2D eigenvalue weighted by Crippen LogP contribution is 2.36. The first kappa shape index (κ1) is 19.4. The van der Waals surface area contributed by atoms with Crippen LogP contribution in [0.15, 0.2) is 30.7 Å². The Balaban J connectivity index is 1.62. The second kappa shape index (κ2) is 7.51. The summed E-state index contributed by atoms with van der Waals surface area (Å²) < 4.78 is 39.1. The Morgan fingerprint density at radius 1 is 1.24 bits per heavy atom. The number of nitrogens with zero attached hydrogens (tertiary/aromatic N) is 5. The summed E-state index contributed by atoms with van der Waals surface area (Å²) in [6.07, 6.45) is 1.15. The summed E-state index contributed by atoms with van der Waals surface area (Å²) in [4.78, 5) is 15.0. The maximum atomic E-state index is 12.4. The van der Waals surface area contributed by atoms with E-state index in [9.17, 15) is 13.2 Å². The van der Waals surface area contributed by atoms with E-state index >= 15 is 0 Å². The number of nitrogens with two attached hydrogens (primary N) is 1. The van der Waals surface area contributed by atoms with E-state index in [0.29, 0.717) is 12.2 Å². The molecular formula is C19H22F3N7. The second-order valence-corrected chi connectivity index (χ2v) is 7.23. The summed E-state index contributed by atoms with van der Waals surface area (Å²) in [6, 6.07) is 3.75. The van der Waals surface area contributed by atoms with Gasteiger partial charge in [-0.05, 0) is 18.6 Å². The van der Waals surface area contributed by atoms with Gasteiger partial charge in [0.2, 0.25) is 5.95 Å². The molecule has 1 aliphatic heterocycles. The molecule has 3 aromatic heterocycles. The average Bonchev–Trinajstić information content (AvgIpc) is 3.26. The van der Waals surface area contributed by atoms with Crippen LogP contribution in [0.4, 0.5) is 24.8 Å². The van der Waals surface area contributed by atoms with Gasteiger partial charge in [0.05, 0.1) is 23.2 Å². The van der Waals surface area contributed by atoms with E-state index in [1.807, 2.05) is 23.9 Å². The SMILES string of the molecule is Cn1cc(-c2ccnc(N)n2)c2c(N3CCC(NCCC(F)(F)F)C3)ccnc21. The predicted molar refractivity (Wildman–Crippen MR) is 105 cm³/mol. The normalized spacial score (nSPS) is 17.4. The van der Waals surface area contributed by atoms with Crippen molar-refractivity contribution in [2.45, 2.75) is 25.1 Å². The van der Waals surface area contributed by atoms with E-state index in [0.717, 1.165) is 35.2 Å². The van der Waals surface area contributed by atoms with Crippen molar-refractivity contribution in [3.63, 3.8) is 0 Å². The minimum atomic E-state index is -4.14. The molecule has 10 heteroatoms. The molecule has 0 amide bonds. The van der Waals surface area contributed by atoms with Crippen molar-refractivity contribution in [3.05, 3.63) is 30.7 Å². The first-order valence-corrected chi connectivity index (χ1v) is 9.40. The zero-order valence-corrected chi connectivity index (χ0v) is 15.9. The van der Waals surface area contributed by atoms with Crippen molar-refractivity contribution in [1.82, 2.24) is 24.8 Å². The van der Waals surface area contributed by atoms with Gasteiger partial charge in [-0.15, -0.1) is 0 Å². The highest BCUT2D eigenvalue weighted by molar-refractivity contribution is 6.02. The number of pyridine rings is 1. The standard InChI is InChI=1S/C19H22F3N7/c1-28-11-13(14-2-6-26-18(23)27-14)16-15(3-7-25-17(16)28)29-9-4-12(10-29)24-8-5-19(20,21)22/h2-3,6-7,11-12,24H,4-5,8-10H2,1H3,(H2,23,26,27). The maximum Gasteiger partial charge on any atom is 0.390 e. The molecule has 4 heterocycles. The lowest BCUT2D eigenvalue weighted by atomic mass is 10.1. The maximum absolute atomic E-state index is 12.4. The molecule has 0 aromatic carbocycles. The van der Waals surface area contributed by atoms with Gasteiger partial charge in [-0.1, -0.05) is 0 Å². The number of halogens is 3. The van der Waals surface area contributed by atoms with Crippen molar-refractivity contribution in [1.29, 1.82) is 0 Å². The van der Waals surface area contributed by atoms with Gasteiger partial charge in [-0.25, -0.2) is 15.0 Å². The monoisotopic (exact) mass is 405 g/mol. The Labute approximate surface area is 165 Å². The molecule has 1 atom stereocenters. The quantitative estimate of drug-likeness (QED) is 0.679. The minimum absolute atomic E-state index is 0.0161. The van der Waals surface area contributed by atoms with E-state index in [2.05, 4.69) is 25.2 Å². The number of aromatic nitrogens is 4. The molecule has 1 saturated heterocycles. The fourth-order valence-electron chi connectivity index (χ4n) is 3.83. The van der Waals surface area contributed by atoms with Crippen LogP contribution in [0.5, 0.6) is 0 Å². The number of hydrogen-bond acceptors (Lipinski definition) is 6. The van der Waals surface area contributed by atoms with Gasteiger partial charge in [0.1, 0.15) is 5.65 Å². The molecule has 0 bridgehead atoms. The van der Waals surface area contributed by atoms with Crippen LogP contribution < -0.4 is 16.0 Å². The summed E-state index contributed by atoms with van der Waals surface area (Å²) in [5, 5.41) is 3.97. The van der Waals surface area contributed by atoms with Crippen molar-refractivity contribution >= 4 is 22.7 Å². The highest BCUT2D eigenvalue weighted by atomic mass is 19.4. The van der Waals surface area contributed by atoms with Crippen LogP contribution in [-0.2, 0) is 7.05 Å². The molecule has 0 aliphatic carbocycles. The lowest BCUT2D eigenvalue weighted by Crippen LogP contribution is -2.34. The molecule has 1 unspecified atom stereocenters. The summed E-state index contributed by atoms with van der Waals surface area (Å²) in [7, 11) is 1.92. The number of alkyl halides is 3. The molecule has 4 rings (SSSR count). The fourth-order valence-corrected chi connectivity index (χ4v) is 3.83. The van der Waals surface area contributed by atoms with Crippen LogP contribution in [0.2, 0.25) is 0 Å². The summed E-state index contributed by atoms with van der Waals surface area (Å²) in [5.74, 6) is 0.194. The number of anilines is 2. The molecule has 0 saturated carbocycles. The summed E-state index contributed by atoms with van der Waals surface area (Å²) in [6.45, 7) is 1.32. The molecule has 3 N–H and O–H groups in total. The number of nitrogens with one attached hydrogen (secondary N) is 1. The second-order valence-electron chi connectivity index (χ2n) is 7.23. The topological polar surface area (TPSA) is 84.9 Å². The van der Waals surface area contributed by atoms with Gasteiger partial charge in [0.25, 0.3) is 0 Å².